The van der Waals surface area contributed by atoms with Crippen LogP contribution in [0.3, 0.4) is 0 Å². The van der Waals surface area contributed by atoms with Gasteiger partial charge in [-0.25, -0.2) is 0 Å². The highest BCUT2D eigenvalue weighted by Crippen LogP contribution is 2.34. The Kier molecular flexibility index (Phi) is 9.22. The molecular formula is C25H22NO6S-. The molecule has 4 rings (SSSR count). The van der Waals surface area contributed by atoms with Gasteiger partial charge in [0.05, 0.1) is 23.6 Å². The van der Waals surface area contributed by atoms with Crippen molar-refractivity contribution < 1.29 is 24.3 Å². The number of hydrogen-bond acceptors (Lipinski definition) is 7. The lowest BCUT2D eigenvalue weighted by Crippen LogP contribution is -2.01. The molecule has 4 aromatic rings. The first-order chi connectivity index (χ1) is 16.1. The lowest BCUT2D eigenvalue weighted by molar-refractivity contribution is -0.777. The number of nitrogens with zero attached hydrogens (tertiary/aromatic N) is 1. The summed E-state index contributed by atoms with van der Waals surface area (Å²) >= 11 is 0.886. The number of hydrogen-bond donors (Lipinski definition) is 0. The summed E-state index contributed by atoms with van der Waals surface area (Å²) in [6.45, 7) is 2.54. The molecule has 170 valence electrons. The Labute approximate surface area is 195 Å². The average molecular weight is 465 g/mol. The van der Waals surface area contributed by atoms with E-state index in [-0.39, 0.29) is 10.6 Å². The predicted molar refractivity (Wildman–Crippen MR) is 125 cm³/mol. The van der Waals surface area contributed by atoms with Crippen molar-refractivity contribution >= 4 is 28.5 Å². The van der Waals surface area contributed by atoms with Crippen LogP contribution in [0, 0.1) is 10.1 Å². The molecule has 0 saturated heterocycles. The number of fused-ring (bicyclic) bond motifs is 1. The zero-order chi connectivity index (χ0) is 23.5. The van der Waals surface area contributed by atoms with Crippen LogP contribution >= 0.6 is 12.0 Å². The van der Waals surface area contributed by atoms with Gasteiger partial charge in [0.25, 0.3) is 5.69 Å². The van der Waals surface area contributed by atoms with E-state index >= 15 is 0 Å². The third-order valence-electron chi connectivity index (χ3n) is 4.69. The molecule has 33 heavy (non-hydrogen) atoms. The van der Waals surface area contributed by atoms with Crippen molar-refractivity contribution in [1.29, 1.82) is 0 Å². The molecule has 0 unspecified atom stereocenters. The van der Waals surface area contributed by atoms with Gasteiger partial charge in [0.15, 0.2) is 0 Å². The Morgan fingerprint density at radius 3 is 2.09 bits per heavy atom. The monoisotopic (exact) mass is 464 g/mol. The van der Waals surface area contributed by atoms with Crippen molar-refractivity contribution in [3.63, 3.8) is 0 Å². The third-order valence-corrected chi connectivity index (χ3v) is 5.35. The maximum absolute atomic E-state index is 10.5. The number of non-ortho nitro benzene ring substituents is 1. The molecule has 0 heterocycles. The second-order valence-corrected chi connectivity index (χ2v) is 7.59. The van der Waals surface area contributed by atoms with Crippen molar-refractivity contribution in [3.05, 3.63) is 112 Å². The van der Waals surface area contributed by atoms with E-state index in [1.54, 1.807) is 12.1 Å². The first-order valence-corrected chi connectivity index (χ1v) is 10.9. The summed E-state index contributed by atoms with van der Waals surface area (Å²) in [5, 5.41) is 25.6. The van der Waals surface area contributed by atoms with E-state index in [2.05, 4.69) is 9.37 Å². The number of benzene rings is 4. The minimum Gasteiger partial charge on any atom is -0.691 e. The first-order valence-electron chi connectivity index (χ1n) is 10.2. The molecule has 0 fully saturated rings. The van der Waals surface area contributed by atoms with Gasteiger partial charge in [0, 0.05) is 27.8 Å². The van der Waals surface area contributed by atoms with Gasteiger partial charge in [0.1, 0.15) is 5.75 Å². The number of ether oxygens (including phenoxy) is 1. The summed E-state index contributed by atoms with van der Waals surface area (Å²) in [4.78, 5) is 10.9. The molecule has 0 atom stereocenters. The van der Waals surface area contributed by atoms with E-state index in [1.807, 2.05) is 73.7 Å². The van der Waals surface area contributed by atoms with E-state index in [0.29, 0.717) is 6.61 Å². The number of nitro benzene ring substituents is 1. The van der Waals surface area contributed by atoms with Gasteiger partial charge in [0.2, 0.25) is 0 Å². The van der Waals surface area contributed by atoms with Crippen LogP contribution in [0.1, 0.15) is 18.1 Å². The van der Waals surface area contributed by atoms with E-state index in [9.17, 15) is 15.4 Å². The van der Waals surface area contributed by atoms with Gasteiger partial charge in [-0.15, -0.1) is 0 Å². The molecule has 0 spiro atoms. The number of rotatable bonds is 8. The lowest BCUT2D eigenvalue weighted by Gasteiger charge is -2.11. The Morgan fingerprint density at radius 1 is 0.818 bits per heavy atom. The van der Waals surface area contributed by atoms with Crippen LogP contribution in [0.25, 0.3) is 10.8 Å². The average Bonchev–Trinajstić information content (AvgIpc) is 2.85. The standard InChI is InChI=1S/C13H11NO2.C12H12O4S/c15-14(16)13-8-6-12(7-9-13)10-11-4-2-1-3-5-11;1-2-14-11-7-8-12(17-16-15-13)10-6-4-3-5-9(10)11/h1-9H,10H2;3-8,13H,2H2,1H3/p-1. The van der Waals surface area contributed by atoms with Crippen LogP contribution in [-0.2, 0) is 15.8 Å². The molecular weight excluding hydrogens is 442 g/mol. The fraction of sp³-hybridized carbons (Fsp3) is 0.120. The largest absolute Gasteiger partial charge is 0.691 e. The molecule has 0 amide bonds. The zero-order valence-corrected chi connectivity index (χ0v) is 18.7. The van der Waals surface area contributed by atoms with Crippen LogP contribution in [0.5, 0.6) is 5.75 Å². The SMILES string of the molecule is CCOc1ccc(SOO[O-])c2ccccc12.O=[N+]([O-])c1ccc(Cc2ccccc2)cc1. The van der Waals surface area contributed by atoms with Gasteiger partial charge < -0.3 is 9.99 Å². The normalized spacial score (nSPS) is 10.4. The van der Waals surface area contributed by atoms with Crippen molar-refractivity contribution in [1.82, 2.24) is 0 Å². The highest BCUT2D eigenvalue weighted by Gasteiger charge is 2.07. The van der Waals surface area contributed by atoms with Crippen LogP contribution in [-0.4, -0.2) is 11.5 Å². The molecule has 8 heteroatoms. The van der Waals surface area contributed by atoms with Crippen molar-refractivity contribution in [3.8, 4) is 5.75 Å². The van der Waals surface area contributed by atoms with Crippen LogP contribution in [0.4, 0.5) is 5.69 Å². The van der Waals surface area contributed by atoms with Crippen LogP contribution < -0.4 is 9.99 Å². The van der Waals surface area contributed by atoms with E-state index in [4.69, 9.17) is 4.74 Å². The molecule has 0 aliphatic heterocycles. The smallest absolute Gasteiger partial charge is 0.269 e. The molecule has 7 nitrogen and oxygen atoms in total. The molecule has 0 aromatic heterocycles. The van der Waals surface area contributed by atoms with E-state index < -0.39 is 0 Å². The maximum Gasteiger partial charge on any atom is 0.269 e. The summed E-state index contributed by atoms with van der Waals surface area (Å²) in [6, 6.07) is 28.1. The molecule has 0 aliphatic carbocycles. The molecule has 0 N–H and O–H groups in total. The second kappa shape index (κ2) is 12.6. The second-order valence-electron chi connectivity index (χ2n) is 6.85. The lowest BCUT2D eigenvalue weighted by atomic mass is 10.1. The Morgan fingerprint density at radius 2 is 1.45 bits per heavy atom. The van der Waals surface area contributed by atoms with E-state index in [0.717, 1.165) is 45.4 Å². The Balaban J connectivity index is 0.000000186. The van der Waals surface area contributed by atoms with Crippen molar-refractivity contribution in [2.45, 2.75) is 18.2 Å². The van der Waals surface area contributed by atoms with Crippen molar-refractivity contribution in [2.24, 2.45) is 0 Å². The van der Waals surface area contributed by atoms with Crippen LogP contribution in [0.2, 0.25) is 0 Å². The number of nitro groups is 1. The Bertz CT molecular complexity index is 1170. The van der Waals surface area contributed by atoms with Gasteiger partial charge in [-0.05, 0) is 36.6 Å². The minimum absolute atomic E-state index is 0.136. The van der Waals surface area contributed by atoms with Gasteiger partial charge in [-0.3, -0.25) is 15.2 Å². The zero-order valence-electron chi connectivity index (χ0n) is 17.9. The molecule has 0 saturated carbocycles. The molecule has 0 aliphatic rings. The van der Waals surface area contributed by atoms with E-state index in [1.165, 1.54) is 17.7 Å². The molecule has 4 aromatic carbocycles. The Hall–Kier alpha value is -3.43. The maximum atomic E-state index is 10.5. The highest BCUT2D eigenvalue weighted by molar-refractivity contribution is 7.94. The molecule has 0 bridgehead atoms. The molecule has 0 radical (unpaired) electrons. The first kappa shape index (κ1) is 24.2. The fourth-order valence-electron chi connectivity index (χ4n) is 3.22. The predicted octanol–water partition coefficient (Wildman–Crippen LogP) is 5.65. The quantitative estimate of drug-likeness (QED) is 0.144. The van der Waals surface area contributed by atoms with Gasteiger partial charge >= 0.3 is 0 Å². The summed E-state index contributed by atoms with van der Waals surface area (Å²) in [5.74, 6) is 0.815. The van der Waals surface area contributed by atoms with Gasteiger partial charge in [-0.1, -0.05) is 66.7 Å². The summed E-state index contributed by atoms with van der Waals surface area (Å²) in [6.07, 6.45) is 0.804. The minimum atomic E-state index is -0.383. The van der Waals surface area contributed by atoms with Gasteiger partial charge in [-0.2, -0.15) is 4.33 Å². The summed E-state index contributed by atoms with van der Waals surface area (Å²) < 4.78 is 9.88. The fourth-order valence-corrected chi connectivity index (χ4v) is 3.71. The highest BCUT2D eigenvalue weighted by atomic mass is 32.2. The summed E-state index contributed by atoms with van der Waals surface area (Å²) in [5.41, 5.74) is 2.42. The third kappa shape index (κ3) is 7.03. The van der Waals surface area contributed by atoms with Crippen molar-refractivity contribution in [2.75, 3.05) is 6.61 Å². The summed E-state index contributed by atoms with van der Waals surface area (Å²) in [7, 11) is 0. The van der Waals surface area contributed by atoms with Crippen LogP contribution in [0.15, 0.2) is 95.9 Å². The topological polar surface area (TPSA) is 93.9 Å².